The van der Waals surface area contributed by atoms with Gasteiger partial charge in [0, 0.05) is 26.7 Å². The largest absolute Gasteiger partial charge is 0.383 e. The second-order valence-corrected chi connectivity index (χ2v) is 4.93. The third-order valence-corrected chi connectivity index (χ3v) is 2.23. The van der Waals surface area contributed by atoms with E-state index in [1.807, 2.05) is 0 Å². The van der Waals surface area contributed by atoms with Crippen molar-refractivity contribution in [2.45, 2.75) is 27.2 Å². The van der Waals surface area contributed by atoms with E-state index in [1.54, 1.807) is 7.11 Å². The number of ether oxygens (including phenoxy) is 1. The number of nitrogens with zero attached hydrogens (tertiary/aromatic N) is 1. The molecule has 3 heteroatoms. The van der Waals surface area contributed by atoms with Crippen molar-refractivity contribution in [3.05, 3.63) is 0 Å². The van der Waals surface area contributed by atoms with Crippen molar-refractivity contribution in [1.82, 2.24) is 4.90 Å². The normalized spacial score (nSPS) is 12.4. The van der Waals surface area contributed by atoms with Crippen molar-refractivity contribution in [3.8, 4) is 0 Å². The van der Waals surface area contributed by atoms with Crippen LogP contribution in [0.5, 0.6) is 0 Å². The summed E-state index contributed by atoms with van der Waals surface area (Å²) in [5.74, 6) is 0. The van der Waals surface area contributed by atoms with Gasteiger partial charge in [0.25, 0.3) is 0 Å². The van der Waals surface area contributed by atoms with Gasteiger partial charge in [-0.3, -0.25) is 4.90 Å². The van der Waals surface area contributed by atoms with Crippen LogP contribution < -0.4 is 5.73 Å². The van der Waals surface area contributed by atoms with Crippen LogP contribution in [0.2, 0.25) is 0 Å². The van der Waals surface area contributed by atoms with Gasteiger partial charge in [-0.1, -0.05) is 20.8 Å². The molecule has 0 aliphatic rings. The molecular formula is C11H26N2O. The maximum atomic E-state index is 5.56. The second-order valence-electron chi connectivity index (χ2n) is 4.93. The summed E-state index contributed by atoms with van der Waals surface area (Å²) in [6.45, 7) is 11.4. The number of nitrogens with two attached hydrogens (primary N) is 1. The SMILES string of the molecule is COCCN(CCN)CCC(C)(C)C. The fourth-order valence-electron chi connectivity index (χ4n) is 1.23. The molecule has 0 aliphatic carbocycles. The summed E-state index contributed by atoms with van der Waals surface area (Å²) in [7, 11) is 1.74. The first kappa shape index (κ1) is 13.9. The van der Waals surface area contributed by atoms with Crippen molar-refractivity contribution < 1.29 is 4.74 Å². The van der Waals surface area contributed by atoms with Crippen LogP contribution >= 0.6 is 0 Å². The lowest BCUT2D eigenvalue weighted by atomic mass is 9.92. The maximum absolute atomic E-state index is 5.56. The highest BCUT2D eigenvalue weighted by Crippen LogP contribution is 2.18. The Labute approximate surface area is 88.6 Å². The molecule has 0 amide bonds. The highest BCUT2D eigenvalue weighted by molar-refractivity contribution is 4.66. The molecule has 2 N–H and O–H groups in total. The minimum Gasteiger partial charge on any atom is -0.383 e. The van der Waals surface area contributed by atoms with Crippen LogP contribution in [-0.4, -0.2) is 44.8 Å². The van der Waals surface area contributed by atoms with Crippen LogP contribution in [0, 0.1) is 5.41 Å². The molecule has 3 nitrogen and oxygen atoms in total. The average Bonchev–Trinajstić information content (AvgIpc) is 2.08. The van der Waals surface area contributed by atoms with Crippen LogP contribution in [0.15, 0.2) is 0 Å². The molecule has 0 aliphatic heterocycles. The molecule has 0 fully saturated rings. The lowest BCUT2D eigenvalue weighted by Crippen LogP contribution is -2.34. The molecule has 0 rings (SSSR count). The van der Waals surface area contributed by atoms with E-state index in [1.165, 1.54) is 6.42 Å². The summed E-state index contributed by atoms with van der Waals surface area (Å²) < 4.78 is 5.07. The fraction of sp³-hybridized carbons (Fsp3) is 1.00. The van der Waals surface area contributed by atoms with Gasteiger partial charge in [-0.05, 0) is 18.4 Å². The van der Waals surface area contributed by atoms with Gasteiger partial charge in [0.15, 0.2) is 0 Å². The Bertz CT molecular complexity index is 132. The van der Waals surface area contributed by atoms with Gasteiger partial charge in [-0.15, -0.1) is 0 Å². The van der Waals surface area contributed by atoms with E-state index in [0.717, 1.165) is 32.8 Å². The summed E-state index contributed by atoms with van der Waals surface area (Å²) in [6, 6.07) is 0. The van der Waals surface area contributed by atoms with Gasteiger partial charge in [0.1, 0.15) is 0 Å². The van der Waals surface area contributed by atoms with E-state index in [-0.39, 0.29) is 0 Å². The number of rotatable bonds is 7. The van der Waals surface area contributed by atoms with Crippen LogP contribution in [0.3, 0.4) is 0 Å². The van der Waals surface area contributed by atoms with E-state index in [4.69, 9.17) is 10.5 Å². The van der Waals surface area contributed by atoms with Gasteiger partial charge in [-0.2, -0.15) is 0 Å². The summed E-state index contributed by atoms with van der Waals surface area (Å²) in [5, 5.41) is 0. The lowest BCUT2D eigenvalue weighted by Gasteiger charge is -2.26. The second kappa shape index (κ2) is 7.21. The Morgan fingerprint density at radius 2 is 1.79 bits per heavy atom. The maximum Gasteiger partial charge on any atom is 0.0589 e. The van der Waals surface area contributed by atoms with Crippen LogP contribution in [-0.2, 0) is 4.74 Å². The molecule has 0 heterocycles. The fourth-order valence-corrected chi connectivity index (χ4v) is 1.23. The zero-order chi connectivity index (χ0) is 11.0. The topological polar surface area (TPSA) is 38.5 Å². The highest BCUT2D eigenvalue weighted by Gasteiger charge is 2.12. The third kappa shape index (κ3) is 8.48. The smallest absolute Gasteiger partial charge is 0.0589 e. The molecule has 0 saturated heterocycles. The molecule has 0 saturated carbocycles. The van der Waals surface area contributed by atoms with E-state index in [0.29, 0.717) is 5.41 Å². The molecule has 0 unspecified atom stereocenters. The molecule has 0 atom stereocenters. The molecule has 0 aromatic rings. The molecule has 0 radical (unpaired) electrons. The van der Waals surface area contributed by atoms with Gasteiger partial charge in [0.2, 0.25) is 0 Å². The average molecular weight is 202 g/mol. The first-order valence-electron chi connectivity index (χ1n) is 5.41. The van der Waals surface area contributed by atoms with E-state index in [9.17, 15) is 0 Å². The molecule has 0 spiro atoms. The van der Waals surface area contributed by atoms with Crippen molar-refractivity contribution in [2.75, 3.05) is 39.9 Å². The monoisotopic (exact) mass is 202 g/mol. The zero-order valence-electron chi connectivity index (χ0n) is 10.2. The third-order valence-electron chi connectivity index (χ3n) is 2.23. The van der Waals surface area contributed by atoms with Crippen LogP contribution in [0.25, 0.3) is 0 Å². The zero-order valence-corrected chi connectivity index (χ0v) is 10.2. The van der Waals surface area contributed by atoms with E-state index in [2.05, 4.69) is 25.7 Å². The van der Waals surface area contributed by atoms with Crippen LogP contribution in [0.1, 0.15) is 27.2 Å². The predicted octanol–water partition coefficient (Wildman–Crippen LogP) is 1.33. The van der Waals surface area contributed by atoms with Gasteiger partial charge < -0.3 is 10.5 Å². The number of hydrogen-bond acceptors (Lipinski definition) is 3. The minimum atomic E-state index is 0.403. The molecule has 0 bridgehead atoms. The number of hydrogen-bond donors (Lipinski definition) is 1. The first-order chi connectivity index (χ1) is 6.49. The number of methoxy groups -OCH3 is 1. The van der Waals surface area contributed by atoms with Crippen molar-refractivity contribution in [1.29, 1.82) is 0 Å². The van der Waals surface area contributed by atoms with Crippen molar-refractivity contribution >= 4 is 0 Å². The Balaban J connectivity index is 3.72. The van der Waals surface area contributed by atoms with E-state index < -0.39 is 0 Å². The van der Waals surface area contributed by atoms with Gasteiger partial charge >= 0.3 is 0 Å². The highest BCUT2D eigenvalue weighted by atomic mass is 16.5. The first-order valence-corrected chi connectivity index (χ1v) is 5.41. The van der Waals surface area contributed by atoms with Crippen molar-refractivity contribution in [2.24, 2.45) is 11.1 Å². The Morgan fingerprint density at radius 1 is 1.14 bits per heavy atom. The minimum absolute atomic E-state index is 0.403. The predicted molar refractivity (Wildman–Crippen MR) is 61.4 cm³/mol. The lowest BCUT2D eigenvalue weighted by molar-refractivity contribution is 0.140. The summed E-state index contributed by atoms with van der Waals surface area (Å²) >= 11 is 0. The van der Waals surface area contributed by atoms with Crippen molar-refractivity contribution in [3.63, 3.8) is 0 Å². The molecular weight excluding hydrogens is 176 g/mol. The quantitative estimate of drug-likeness (QED) is 0.677. The molecule has 86 valence electrons. The summed E-state index contributed by atoms with van der Waals surface area (Å²) in [5.41, 5.74) is 5.96. The Morgan fingerprint density at radius 3 is 2.21 bits per heavy atom. The standard InChI is InChI=1S/C11H26N2O/c1-11(2,3)5-7-13(8-6-12)9-10-14-4/h5-10,12H2,1-4H3. The molecule has 0 aromatic carbocycles. The molecule has 14 heavy (non-hydrogen) atoms. The Hall–Kier alpha value is -0.120. The van der Waals surface area contributed by atoms with E-state index >= 15 is 0 Å². The summed E-state index contributed by atoms with van der Waals surface area (Å²) in [4.78, 5) is 2.37. The van der Waals surface area contributed by atoms with Gasteiger partial charge in [-0.25, -0.2) is 0 Å². The summed E-state index contributed by atoms with van der Waals surface area (Å²) in [6.07, 6.45) is 1.21. The van der Waals surface area contributed by atoms with Gasteiger partial charge in [0.05, 0.1) is 6.61 Å². The van der Waals surface area contributed by atoms with Crippen LogP contribution in [0.4, 0.5) is 0 Å². The Kier molecular flexibility index (Phi) is 7.15. The molecule has 0 aromatic heterocycles.